The Hall–Kier alpha value is -2.44. The highest BCUT2D eigenvalue weighted by molar-refractivity contribution is 5.94. The highest BCUT2D eigenvalue weighted by Crippen LogP contribution is 2.28. The van der Waals surface area contributed by atoms with Gasteiger partial charge in [-0.25, -0.2) is 4.68 Å². The van der Waals surface area contributed by atoms with Crippen molar-refractivity contribution < 1.29 is 4.79 Å². The fraction of sp³-hybridized carbons (Fsp3) is 0.467. The molecule has 0 radical (unpaired) electrons. The highest BCUT2D eigenvalue weighted by Gasteiger charge is 2.29. The molecule has 1 aliphatic carbocycles. The lowest BCUT2D eigenvalue weighted by Gasteiger charge is -2.17. The number of nitrogens with zero attached hydrogens (tertiary/aromatic N) is 6. The normalized spacial score (nSPS) is 14.0. The lowest BCUT2D eigenvalue weighted by Crippen LogP contribution is -2.24. The van der Waals surface area contributed by atoms with Crippen molar-refractivity contribution in [2.45, 2.75) is 25.4 Å². The van der Waals surface area contributed by atoms with Gasteiger partial charge in [-0.3, -0.25) is 4.79 Å². The molecule has 0 N–H and O–H groups in total. The molecule has 116 valence electrons. The average Bonchev–Trinajstić information content (AvgIpc) is 3.26. The van der Waals surface area contributed by atoms with Crippen LogP contribution in [0.25, 0.3) is 0 Å². The molecule has 2 aromatic rings. The molecule has 3 rings (SSSR count). The number of hydrogen-bond donors (Lipinski definition) is 0. The van der Waals surface area contributed by atoms with Gasteiger partial charge in [0, 0.05) is 32.7 Å². The summed E-state index contributed by atoms with van der Waals surface area (Å²) in [7, 11) is 5.52. The van der Waals surface area contributed by atoms with E-state index < -0.39 is 0 Å². The predicted octanol–water partition coefficient (Wildman–Crippen LogP) is 1.02. The largest absolute Gasteiger partial charge is 0.345 e. The van der Waals surface area contributed by atoms with Crippen LogP contribution in [0.5, 0.6) is 0 Å². The Kier molecular flexibility index (Phi) is 3.79. The SMILES string of the molecule is CN(C)C(=O)c1cccc(Cn2nnnc2N(C)C2CC2)c1. The van der Waals surface area contributed by atoms with Gasteiger partial charge in [0.25, 0.3) is 5.91 Å². The zero-order chi connectivity index (χ0) is 15.7. The number of anilines is 1. The Balaban J connectivity index is 1.80. The summed E-state index contributed by atoms with van der Waals surface area (Å²) >= 11 is 0. The molecule has 1 aliphatic rings. The molecule has 0 atom stereocenters. The van der Waals surface area contributed by atoms with Crippen molar-refractivity contribution in [2.75, 3.05) is 26.0 Å². The zero-order valence-corrected chi connectivity index (χ0v) is 13.1. The monoisotopic (exact) mass is 300 g/mol. The van der Waals surface area contributed by atoms with Crippen molar-refractivity contribution >= 4 is 11.9 Å². The number of carbonyl (C=O) groups excluding carboxylic acids is 1. The van der Waals surface area contributed by atoms with E-state index >= 15 is 0 Å². The van der Waals surface area contributed by atoms with E-state index in [0.29, 0.717) is 18.2 Å². The third kappa shape index (κ3) is 2.93. The van der Waals surface area contributed by atoms with E-state index in [9.17, 15) is 4.79 Å². The second-order valence-corrected chi connectivity index (χ2v) is 5.88. The fourth-order valence-corrected chi connectivity index (χ4v) is 2.41. The van der Waals surface area contributed by atoms with Gasteiger partial charge < -0.3 is 9.80 Å². The van der Waals surface area contributed by atoms with E-state index in [4.69, 9.17) is 0 Å². The molecule has 1 fully saturated rings. The fourth-order valence-electron chi connectivity index (χ4n) is 2.41. The molecular formula is C15H20N6O. The summed E-state index contributed by atoms with van der Waals surface area (Å²) in [6, 6.07) is 8.13. The maximum atomic E-state index is 12.0. The van der Waals surface area contributed by atoms with E-state index in [-0.39, 0.29) is 5.91 Å². The smallest absolute Gasteiger partial charge is 0.253 e. The van der Waals surface area contributed by atoms with Crippen LogP contribution in [-0.4, -0.2) is 58.2 Å². The maximum Gasteiger partial charge on any atom is 0.253 e. The Labute approximate surface area is 129 Å². The van der Waals surface area contributed by atoms with Crippen LogP contribution in [0.1, 0.15) is 28.8 Å². The van der Waals surface area contributed by atoms with Gasteiger partial charge >= 0.3 is 0 Å². The number of amides is 1. The van der Waals surface area contributed by atoms with Crippen molar-refractivity contribution in [3.63, 3.8) is 0 Å². The molecule has 1 heterocycles. The van der Waals surface area contributed by atoms with Gasteiger partial charge in [-0.1, -0.05) is 17.2 Å². The third-order valence-electron chi connectivity index (χ3n) is 3.84. The molecule has 7 nitrogen and oxygen atoms in total. The first-order valence-electron chi connectivity index (χ1n) is 7.36. The minimum absolute atomic E-state index is 0.00566. The third-order valence-corrected chi connectivity index (χ3v) is 3.84. The van der Waals surface area contributed by atoms with Crippen molar-refractivity contribution in [1.82, 2.24) is 25.1 Å². The molecular weight excluding hydrogens is 280 g/mol. The van der Waals surface area contributed by atoms with Gasteiger partial charge in [-0.05, 0) is 41.0 Å². The number of carbonyl (C=O) groups is 1. The Morgan fingerprint density at radius 3 is 2.77 bits per heavy atom. The van der Waals surface area contributed by atoms with E-state index in [1.54, 1.807) is 23.7 Å². The topological polar surface area (TPSA) is 67.2 Å². The van der Waals surface area contributed by atoms with Crippen LogP contribution in [0.2, 0.25) is 0 Å². The van der Waals surface area contributed by atoms with Gasteiger partial charge in [-0.2, -0.15) is 0 Å². The van der Waals surface area contributed by atoms with Gasteiger partial charge in [0.2, 0.25) is 5.95 Å². The van der Waals surface area contributed by atoms with Crippen molar-refractivity contribution in [1.29, 1.82) is 0 Å². The standard InChI is InChI=1S/C15H20N6O/c1-19(2)14(22)12-6-4-5-11(9-12)10-21-15(16-17-18-21)20(3)13-7-8-13/h4-6,9,13H,7-8,10H2,1-3H3. The van der Waals surface area contributed by atoms with E-state index in [1.165, 1.54) is 12.8 Å². The molecule has 0 aliphatic heterocycles. The van der Waals surface area contributed by atoms with Crippen molar-refractivity contribution in [3.8, 4) is 0 Å². The molecule has 1 aromatic carbocycles. The van der Waals surface area contributed by atoms with Gasteiger partial charge in [0.1, 0.15) is 0 Å². The molecule has 1 amide bonds. The minimum atomic E-state index is -0.00566. The van der Waals surface area contributed by atoms with Crippen LogP contribution in [0.15, 0.2) is 24.3 Å². The highest BCUT2D eigenvalue weighted by atomic mass is 16.2. The summed E-state index contributed by atoms with van der Waals surface area (Å²) < 4.78 is 1.78. The molecule has 0 spiro atoms. The van der Waals surface area contributed by atoms with Crippen LogP contribution in [0.3, 0.4) is 0 Å². The number of aromatic nitrogens is 4. The molecule has 0 saturated heterocycles. The van der Waals surface area contributed by atoms with Crippen LogP contribution in [0, 0.1) is 0 Å². The molecule has 0 unspecified atom stereocenters. The minimum Gasteiger partial charge on any atom is -0.345 e. The van der Waals surface area contributed by atoms with Gasteiger partial charge in [0.05, 0.1) is 6.54 Å². The summed E-state index contributed by atoms with van der Waals surface area (Å²) in [4.78, 5) is 15.7. The van der Waals surface area contributed by atoms with Crippen LogP contribution in [-0.2, 0) is 6.54 Å². The summed E-state index contributed by atoms with van der Waals surface area (Å²) in [5.41, 5.74) is 1.68. The van der Waals surface area contributed by atoms with Crippen LogP contribution >= 0.6 is 0 Å². The van der Waals surface area contributed by atoms with Crippen molar-refractivity contribution in [3.05, 3.63) is 35.4 Å². The Morgan fingerprint density at radius 1 is 1.32 bits per heavy atom. The lowest BCUT2D eigenvalue weighted by molar-refractivity contribution is 0.0827. The lowest BCUT2D eigenvalue weighted by atomic mass is 10.1. The van der Waals surface area contributed by atoms with Crippen LogP contribution < -0.4 is 4.90 Å². The van der Waals surface area contributed by atoms with Gasteiger partial charge in [0.15, 0.2) is 0 Å². The summed E-state index contributed by atoms with van der Waals surface area (Å²) in [6.07, 6.45) is 2.38. The quantitative estimate of drug-likeness (QED) is 0.825. The zero-order valence-electron chi connectivity index (χ0n) is 13.1. The maximum absolute atomic E-state index is 12.0. The first-order chi connectivity index (χ1) is 10.6. The molecule has 0 bridgehead atoms. The number of hydrogen-bond acceptors (Lipinski definition) is 5. The number of tetrazole rings is 1. The number of rotatable bonds is 5. The second kappa shape index (κ2) is 5.75. The Morgan fingerprint density at radius 2 is 2.09 bits per heavy atom. The first-order valence-corrected chi connectivity index (χ1v) is 7.36. The van der Waals surface area contributed by atoms with Crippen molar-refractivity contribution in [2.24, 2.45) is 0 Å². The summed E-state index contributed by atoms with van der Waals surface area (Å²) in [5, 5.41) is 12.0. The summed E-state index contributed by atoms with van der Waals surface area (Å²) in [6.45, 7) is 0.550. The first kappa shape index (κ1) is 14.5. The predicted molar refractivity (Wildman–Crippen MR) is 82.8 cm³/mol. The Bertz CT molecular complexity index is 676. The average molecular weight is 300 g/mol. The van der Waals surface area contributed by atoms with E-state index in [1.807, 2.05) is 31.3 Å². The molecule has 1 saturated carbocycles. The number of benzene rings is 1. The van der Waals surface area contributed by atoms with Gasteiger partial charge in [-0.15, -0.1) is 0 Å². The van der Waals surface area contributed by atoms with Crippen LogP contribution in [0.4, 0.5) is 5.95 Å². The van der Waals surface area contributed by atoms with E-state index in [0.717, 1.165) is 11.5 Å². The molecule has 22 heavy (non-hydrogen) atoms. The molecule has 1 aromatic heterocycles. The summed E-state index contributed by atoms with van der Waals surface area (Å²) in [5.74, 6) is 0.765. The molecule has 7 heteroatoms. The second-order valence-electron chi connectivity index (χ2n) is 5.88. The van der Waals surface area contributed by atoms with E-state index in [2.05, 4.69) is 20.4 Å².